The van der Waals surface area contributed by atoms with Crippen LogP contribution in [0.1, 0.15) is 45.2 Å². The number of esters is 1. The highest BCUT2D eigenvalue weighted by atomic mass is 16.7. The van der Waals surface area contributed by atoms with Crippen molar-refractivity contribution < 1.29 is 33.3 Å². The van der Waals surface area contributed by atoms with E-state index in [4.69, 9.17) is 18.9 Å². The number of hydrogen-bond acceptors (Lipinski definition) is 7. The Morgan fingerprint density at radius 2 is 1.97 bits per heavy atom. The Morgan fingerprint density at radius 3 is 2.60 bits per heavy atom. The quantitative estimate of drug-likeness (QED) is 0.261. The maximum atomic E-state index is 13.1. The first-order valence-corrected chi connectivity index (χ1v) is 12.1. The second-order valence-corrected chi connectivity index (χ2v) is 8.94. The van der Waals surface area contributed by atoms with Crippen molar-refractivity contribution >= 4 is 18.0 Å². The molecule has 1 aromatic carbocycles. The molecule has 1 fully saturated rings. The third-order valence-electron chi connectivity index (χ3n) is 6.56. The third kappa shape index (κ3) is 5.36. The van der Waals surface area contributed by atoms with E-state index in [2.05, 4.69) is 19.6 Å². The summed E-state index contributed by atoms with van der Waals surface area (Å²) >= 11 is 0. The largest absolute Gasteiger partial charge is 0.508 e. The van der Waals surface area contributed by atoms with Gasteiger partial charge in [-0.1, -0.05) is 45.6 Å². The Balaban J connectivity index is 1.82. The molecule has 2 aliphatic rings. The summed E-state index contributed by atoms with van der Waals surface area (Å²) < 4.78 is 21.8. The third-order valence-corrected chi connectivity index (χ3v) is 6.56. The van der Waals surface area contributed by atoms with Crippen molar-refractivity contribution in [2.45, 2.75) is 59.6 Å². The van der Waals surface area contributed by atoms with Crippen LogP contribution >= 0.6 is 0 Å². The fourth-order valence-electron chi connectivity index (χ4n) is 4.71. The summed E-state index contributed by atoms with van der Waals surface area (Å²) in [4.78, 5) is 39.5. The first-order chi connectivity index (χ1) is 16.7. The lowest BCUT2D eigenvalue weighted by Gasteiger charge is -2.47. The van der Waals surface area contributed by atoms with E-state index >= 15 is 0 Å². The minimum Gasteiger partial charge on any atom is -0.489 e. The van der Waals surface area contributed by atoms with E-state index in [-0.39, 0.29) is 43.4 Å². The lowest BCUT2D eigenvalue weighted by molar-refractivity contribution is -0.165. The predicted octanol–water partition coefficient (Wildman–Crippen LogP) is 4.35. The number of hydrogen-bond donors (Lipinski definition) is 0. The zero-order valence-corrected chi connectivity index (χ0v) is 21.2. The number of fused-ring (bicyclic) bond motifs is 1. The molecule has 4 atom stereocenters. The van der Waals surface area contributed by atoms with Gasteiger partial charge in [-0.3, -0.25) is 4.79 Å². The van der Waals surface area contributed by atoms with Crippen LogP contribution in [0.4, 0.5) is 4.79 Å². The predicted molar refractivity (Wildman–Crippen MR) is 130 cm³/mol. The maximum Gasteiger partial charge on any atom is 0.508 e. The van der Waals surface area contributed by atoms with Gasteiger partial charge in [0.05, 0.1) is 18.6 Å². The molecule has 190 valence electrons. The van der Waals surface area contributed by atoms with Gasteiger partial charge in [-0.2, -0.15) is 0 Å². The standard InChI is InChI=1S/C27H35NO7/c1-7-12-32-26(30)24-20(15-34-21-11-10-19(9-3)14-16(21)4)17(5)23-22(25(29)28(23)24)18(6)35-27(31)33-13-8-2/h7,10-11,14,17-18,22-23H,1,8-9,12-13,15H2,2-6H3/t17?,18?,22?,23-/m1/s1. The van der Waals surface area contributed by atoms with E-state index in [9.17, 15) is 14.4 Å². The molecule has 0 aromatic heterocycles. The summed E-state index contributed by atoms with van der Waals surface area (Å²) in [5.41, 5.74) is 3.09. The minimum absolute atomic E-state index is 0.0291. The summed E-state index contributed by atoms with van der Waals surface area (Å²) in [6.45, 7) is 13.5. The van der Waals surface area contributed by atoms with Crippen molar-refractivity contribution in [2.75, 3.05) is 19.8 Å². The highest BCUT2D eigenvalue weighted by Gasteiger charge is 2.61. The molecule has 8 nitrogen and oxygen atoms in total. The van der Waals surface area contributed by atoms with Crippen LogP contribution in [0.25, 0.3) is 0 Å². The van der Waals surface area contributed by atoms with E-state index in [1.165, 1.54) is 16.5 Å². The van der Waals surface area contributed by atoms with Crippen molar-refractivity contribution in [3.8, 4) is 5.75 Å². The number of aryl methyl sites for hydroxylation is 2. The average molecular weight is 486 g/mol. The normalized spacial score (nSPS) is 21.7. The van der Waals surface area contributed by atoms with Gasteiger partial charge in [0.25, 0.3) is 0 Å². The molecule has 1 saturated heterocycles. The molecule has 0 radical (unpaired) electrons. The van der Waals surface area contributed by atoms with Crippen LogP contribution in [0.15, 0.2) is 42.1 Å². The molecule has 0 spiro atoms. The van der Waals surface area contributed by atoms with Gasteiger partial charge in [-0.25, -0.2) is 9.59 Å². The van der Waals surface area contributed by atoms with Gasteiger partial charge in [-0.15, -0.1) is 0 Å². The number of benzene rings is 1. The fraction of sp³-hybridized carbons (Fsp3) is 0.519. The molecule has 0 N–H and O–H groups in total. The smallest absolute Gasteiger partial charge is 0.489 e. The zero-order valence-electron chi connectivity index (χ0n) is 21.2. The summed E-state index contributed by atoms with van der Waals surface area (Å²) in [6.07, 6.45) is 1.56. The fourth-order valence-corrected chi connectivity index (χ4v) is 4.71. The van der Waals surface area contributed by atoms with E-state index in [0.717, 1.165) is 12.0 Å². The van der Waals surface area contributed by atoms with Crippen molar-refractivity contribution in [1.29, 1.82) is 0 Å². The van der Waals surface area contributed by atoms with Crippen molar-refractivity contribution in [2.24, 2.45) is 11.8 Å². The van der Waals surface area contributed by atoms with Gasteiger partial charge >= 0.3 is 12.1 Å². The van der Waals surface area contributed by atoms with Crippen LogP contribution < -0.4 is 4.74 Å². The van der Waals surface area contributed by atoms with E-state index in [0.29, 0.717) is 17.7 Å². The van der Waals surface area contributed by atoms with E-state index < -0.39 is 24.1 Å². The van der Waals surface area contributed by atoms with Crippen LogP contribution in [0.3, 0.4) is 0 Å². The van der Waals surface area contributed by atoms with Crippen molar-refractivity contribution in [3.63, 3.8) is 0 Å². The molecular weight excluding hydrogens is 450 g/mol. The number of ether oxygens (including phenoxy) is 4. The van der Waals surface area contributed by atoms with Crippen LogP contribution in [-0.4, -0.2) is 54.9 Å². The first-order valence-electron chi connectivity index (χ1n) is 12.1. The monoisotopic (exact) mass is 485 g/mol. The summed E-state index contributed by atoms with van der Waals surface area (Å²) in [7, 11) is 0. The molecule has 0 saturated carbocycles. The molecule has 0 bridgehead atoms. The van der Waals surface area contributed by atoms with Gasteiger partial charge < -0.3 is 23.8 Å². The highest BCUT2D eigenvalue weighted by Crippen LogP contribution is 2.48. The van der Waals surface area contributed by atoms with Gasteiger partial charge in [-0.05, 0) is 43.9 Å². The molecule has 8 heteroatoms. The Bertz CT molecular complexity index is 1010. The number of β-lactam (4-membered cyclic amide) rings is 1. The molecule has 1 aromatic rings. The molecule has 0 aliphatic carbocycles. The van der Waals surface area contributed by atoms with Crippen molar-refractivity contribution in [1.82, 2.24) is 4.90 Å². The number of amides is 1. The first kappa shape index (κ1) is 26.3. The molecule has 2 aliphatic heterocycles. The molecular formula is C27H35NO7. The van der Waals surface area contributed by atoms with Gasteiger partial charge in [0, 0.05) is 11.5 Å². The van der Waals surface area contributed by atoms with Crippen LogP contribution in [-0.2, 0) is 30.2 Å². The number of carbonyl (C=O) groups excluding carboxylic acids is 3. The second-order valence-electron chi connectivity index (χ2n) is 8.94. The number of rotatable bonds is 11. The van der Waals surface area contributed by atoms with Gasteiger partial charge in [0.1, 0.15) is 30.8 Å². The minimum atomic E-state index is -0.801. The zero-order chi connectivity index (χ0) is 25.7. The summed E-state index contributed by atoms with van der Waals surface area (Å²) in [5.74, 6) is -0.963. The average Bonchev–Trinajstić information content (AvgIpc) is 3.08. The lowest BCUT2D eigenvalue weighted by atomic mass is 9.77. The van der Waals surface area contributed by atoms with Crippen LogP contribution in [0, 0.1) is 18.8 Å². The van der Waals surface area contributed by atoms with Gasteiger partial charge in [0.15, 0.2) is 0 Å². The van der Waals surface area contributed by atoms with E-state index in [1.807, 2.05) is 32.9 Å². The molecule has 3 rings (SSSR count). The lowest BCUT2D eigenvalue weighted by Crippen LogP contribution is -2.64. The molecule has 2 heterocycles. The Labute approximate surface area is 206 Å². The SMILES string of the molecule is C=CCOC(=O)C1=C(COc2ccc(CC)cc2C)C(C)[C@@H]2C(C(C)OC(=O)OCCC)C(=O)N12. The Hall–Kier alpha value is -3.29. The summed E-state index contributed by atoms with van der Waals surface area (Å²) in [5, 5.41) is 0. The summed E-state index contributed by atoms with van der Waals surface area (Å²) in [6, 6.07) is 5.66. The van der Waals surface area contributed by atoms with Crippen LogP contribution in [0.2, 0.25) is 0 Å². The molecule has 1 amide bonds. The second kappa shape index (κ2) is 11.4. The van der Waals surface area contributed by atoms with E-state index in [1.54, 1.807) is 6.92 Å². The Kier molecular flexibility index (Phi) is 8.59. The molecule has 3 unspecified atom stereocenters. The molecule has 35 heavy (non-hydrogen) atoms. The highest BCUT2D eigenvalue weighted by molar-refractivity contribution is 6.01. The number of nitrogens with zero attached hydrogens (tertiary/aromatic N) is 1. The van der Waals surface area contributed by atoms with Gasteiger partial charge in [0.2, 0.25) is 5.91 Å². The Morgan fingerprint density at radius 1 is 1.23 bits per heavy atom. The number of carbonyl (C=O) groups is 3. The van der Waals surface area contributed by atoms with Crippen LogP contribution in [0.5, 0.6) is 5.75 Å². The maximum absolute atomic E-state index is 13.1. The van der Waals surface area contributed by atoms with Crippen molar-refractivity contribution in [3.05, 3.63) is 53.3 Å². The topological polar surface area (TPSA) is 91.4 Å².